The highest BCUT2D eigenvalue weighted by atomic mass is 16.5. The number of carbonyl (C=O) groups is 1. The molecular weight excluding hydrogens is 308 g/mol. The van der Waals surface area contributed by atoms with Crippen LogP contribution in [0.1, 0.15) is 92.4 Å². The summed E-state index contributed by atoms with van der Waals surface area (Å²) >= 11 is 0. The fourth-order valence-corrected chi connectivity index (χ4v) is 3.16. The van der Waals surface area contributed by atoms with Gasteiger partial charge in [-0.3, -0.25) is 0 Å². The highest BCUT2D eigenvalue weighted by molar-refractivity contribution is 5.82. The van der Waals surface area contributed by atoms with E-state index in [4.69, 9.17) is 4.74 Å². The number of ether oxygens (including phenoxy) is 1. The van der Waals surface area contributed by atoms with Crippen LogP contribution in [0.2, 0.25) is 0 Å². The van der Waals surface area contributed by atoms with Crippen LogP contribution in [-0.4, -0.2) is 12.6 Å². The predicted molar refractivity (Wildman–Crippen MR) is 110 cm³/mol. The van der Waals surface area contributed by atoms with E-state index in [-0.39, 0.29) is 12.6 Å². The molecule has 0 N–H and O–H groups in total. The Labute approximate surface area is 157 Å². The number of hydrogen-bond donors (Lipinski definition) is 0. The largest absolute Gasteiger partial charge is 0.458 e. The smallest absolute Gasteiger partial charge is 0.330 e. The van der Waals surface area contributed by atoms with Crippen LogP contribution in [-0.2, 0) is 9.53 Å². The van der Waals surface area contributed by atoms with Crippen molar-refractivity contribution in [3.05, 3.63) is 24.3 Å². The number of rotatable bonds is 15. The Morgan fingerprint density at radius 1 is 0.920 bits per heavy atom. The molecular formula is C23H42O2. The van der Waals surface area contributed by atoms with Crippen LogP contribution in [0.3, 0.4) is 0 Å². The van der Waals surface area contributed by atoms with Crippen LogP contribution >= 0.6 is 0 Å². The molecule has 0 fully saturated rings. The summed E-state index contributed by atoms with van der Waals surface area (Å²) in [5.41, 5.74) is 1.11. The van der Waals surface area contributed by atoms with Gasteiger partial charge in [-0.25, -0.2) is 4.79 Å². The van der Waals surface area contributed by atoms with Crippen LogP contribution in [0.5, 0.6) is 0 Å². The van der Waals surface area contributed by atoms with Crippen LogP contribution in [0.4, 0.5) is 0 Å². The Bertz CT molecular complexity index is 382. The van der Waals surface area contributed by atoms with Gasteiger partial charge in [0, 0.05) is 6.08 Å². The Morgan fingerprint density at radius 3 is 1.96 bits per heavy atom. The monoisotopic (exact) mass is 350 g/mol. The molecule has 0 spiro atoms. The van der Waals surface area contributed by atoms with Gasteiger partial charge in [-0.1, -0.05) is 90.9 Å². The lowest BCUT2D eigenvalue weighted by Gasteiger charge is -2.15. The molecule has 0 aromatic rings. The van der Waals surface area contributed by atoms with Gasteiger partial charge >= 0.3 is 5.97 Å². The van der Waals surface area contributed by atoms with Gasteiger partial charge in [-0.2, -0.15) is 0 Å². The van der Waals surface area contributed by atoms with Crippen molar-refractivity contribution in [2.24, 2.45) is 17.8 Å². The second-order valence-electron chi connectivity index (χ2n) is 8.27. The van der Waals surface area contributed by atoms with E-state index in [0.29, 0.717) is 0 Å². The molecule has 0 heterocycles. The van der Waals surface area contributed by atoms with Gasteiger partial charge in [0.15, 0.2) is 0 Å². The summed E-state index contributed by atoms with van der Waals surface area (Å²) in [6, 6.07) is 0. The Hall–Kier alpha value is -1.05. The van der Waals surface area contributed by atoms with Crippen molar-refractivity contribution in [1.82, 2.24) is 0 Å². The molecule has 0 amide bonds. The van der Waals surface area contributed by atoms with Gasteiger partial charge in [-0.05, 0) is 37.5 Å². The van der Waals surface area contributed by atoms with Crippen molar-refractivity contribution in [3.8, 4) is 0 Å². The maximum absolute atomic E-state index is 11.5. The normalized spacial score (nSPS) is 14.4. The van der Waals surface area contributed by atoms with Gasteiger partial charge in [0.05, 0.1) is 0 Å². The molecule has 0 radical (unpaired) electrons. The molecule has 2 nitrogen and oxygen atoms in total. The zero-order valence-corrected chi connectivity index (χ0v) is 17.5. The van der Waals surface area contributed by atoms with Crippen LogP contribution in [0.25, 0.3) is 0 Å². The molecule has 2 atom stereocenters. The van der Waals surface area contributed by atoms with Crippen molar-refractivity contribution in [3.63, 3.8) is 0 Å². The number of allylic oxidation sites excluding steroid dienone is 1. The van der Waals surface area contributed by atoms with Crippen molar-refractivity contribution in [2.45, 2.75) is 92.4 Å². The third-order valence-corrected chi connectivity index (χ3v) is 4.85. The molecule has 0 aliphatic carbocycles. The summed E-state index contributed by atoms with van der Waals surface area (Å²) in [5, 5.41) is 0. The van der Waals surface area contributed by atoms with Gasteiger partial charge in [-0.15, -0.1) is 0 Å². The zero-order valence-electron chi connectivity index (χ0n) is 17.5. The minimum absolute atomic E-state index is 0.253. The Kier molecular flexibility index (Phi) is 14.6. The molecule has 0 bridgehead atoms. The van der Waals surface area contributed by atoms with Crippen molar-refractivity contribution in [2.75, 3.05) is 6.61 Å². The van der Waals surface area contributed by atoms with E-state index >= 15 is 0 Å². The van der Waals surface area contributed by atoms with Crippen LogP contribution in [0, 0.1) is 17.8 Å². The summed E-state index contributed by atoms with van der Waals surface area (Å²) < 4.78 is 4.97. The Balaban J connectivity index is 3.72. The highest BCUT2D eigenvalue weighted by Gasteiger charge is 2.07. The molecule has 0 aromatic heterocycles. The minimum atomic E-state index is -0.253. The summed E-state index contributed by atoms with van der Waals surface area (Å²) in [7, 11) is 0. The fourth-order valence-electron chi connectivity index (χ4n) is 3.16. The minimum Gasteiger partial charge on any atom is -0.458 e. The van der Waals surface area contributed by atoms with E-state index in [1.165, 1.54) is 44.9 Å². The maximum Gasteiger partial charge on any atom is 0.330 e. The predicted octanol–water partition coefficient (Wildman–Crippen LogP) is 7.10. The van der Waals surface area contributed by atoms with Gasteiger partial charge in [0.1, 0.15) is 6.61 Å². The van der Waals surface area contributed by atoms with E-state index in [1.807, 2.05) is 6.92 Å². The number of carbonyl (C=O) groups excluding carboxylic acids is 1. The molecule has 0 saturated carbocycles. The third kappa shape index (κ3) is 16.2. The molecule has 0 aliphatic heterocycles. The summed E-state index contributed by atoms with van der Waals surface area (Å²) in [6.07, 6.45) is 14.8. The van der Waals surface area contributed by atoms with Gasteiger partial charge in [0.2, 0.25) is 0 Å². The Morgan fingerprint density at radius 2 is 1.44 bits per heavy atom. The summed E-state index contributed by atoms with van der Waals surface area (Å²) in [6.45, 7) is 15.2. The van der Waals surface area contributed by atoms with Crippen LogP contribution < -0.4 is 0 Å². The quantitative estimate of drug-likeness (QED) is 0.179. The average Bonchev–Trinajstić information content (AvgIpc) is 2.52. The van der Waals surface area contributed by atoms with Crippen molar-refractivity contribution in [1.29, 1.82) is 0 Å². The van der Waals surface area contributed by atoms with E-state index in [1.54, 1.807) is 12.2 Å². The first-order valence-electron chi connectivity index (χ1n) is 10.3. The number of esters is 1. The SMILES string of the molecule is C=CCOC(=O)/C=C(\C)CCC[C@H](C)CCC[C@H](C)CCCC(C)C. The number of hydrogen-bond acceptors (Lipinski definition) is 2. The lowest BCUT2D eigenvalue weighted by atomic mass is 9.91. The zero-order chi connectivity index (χ0) is 19.1. The molecule has 0 saturated heterocycles. The first kappa shape index (κ1) is 23.9. The summed E-state index contributed by atoms with van der Waals surface area (Å²) in [5.74, 6) is 2.24. The topological polar surface area (TPSA) is 26.3 Å². The second-order valence-corrected chi connectivity index (χ2v) is 8.27. The van der Waals surface area contributed by atoms with Crippen molar-refractivity contribution >= 4 is 5.97 Å². The molecule has 0 unspecified atom stereocenters. The molecule has 0 rings (SSSR count). The highest BCUT2D eigenvalue weighted by Crippen LogP contribution is 2.22. The molecule has 146 valence electrons. The fraction of sp³-hybridized carbons (Fsp3) is 0.783. The average molecular weight is 351 g/mol. The van der Waals surface area contributed by atoms with Crippen LogP contribution in [0.15, 0.2) is 24.3 Å². The first-order valence-corrected chi connectivity index (χ1v) is 10.3. The van der Waals surface area contributed by atoms with Crippen molar-refractivity contribution < 1.29 is 9.53 Å². The summed E-state index contributed by atoms with van der Waals surface area (Å²) in [4.78, 5) is 11.5. The standard InChI is InChI=1S/C23H42O2/c1-7-17-25-23(24)18-22(6)16-10-15-21(5)14-9-13-20(4)12-8-11-19(2)3/h7,18-21H,1,8-17H2,2-6H3/b22-18+/t20-,21-/m1/s1. The van der Waals surface area contributed by atoms with Gasteiger partial charge < -0.3 is 4.74 Å². The van der Waals surface area contributed by atoms with E-state index in [9.17, 15) is 4.79 Å². The molecule has 2 heteroatoms. The molecule has 0 aromatic carbocycles. The first-order chi connectivity index (χ1) is 11.8. The van der Waals surface area contributed by atoms with E-state index < -0.39 is 0 Å². The molecule has 25 heavy (non-hydrogen) atoms. The van der Waals surface area contributed by atoms with E-state index in [2.05, 4.69) is 34.3 Å². The lowest BCUT2D eigenvalue weighted by molar-refractivity contribution is -0.136. The lowest BCUT2D eigenvalue weighted by Crippen LogP contribution is -2.02. The third-order valence-electron chi connectivity index (χ3n) is 4.85. The maximum atomic E-state index is 11.5. The van der Waals surface area contributed by atoms with Gasteiger partial charge in [0.25, 0.3) is 0 Å². The molecule has 0 aliphatic rings. The second kappa shape index (κ2) is 15.2. The van der Waals surface area contributed by atoms with E-state index in [0.717, 1.165) is 36.2 Å².